The van der Waals surface area contributed by atoms with E-state index in [1.807, 2.05) is 49.4 Å². The van der Waals surface area contributed by atoms with Crippen molar-refractivity contribution >= 4 is 35.0 Å². The number of aryl methyl sites for hydroxylation is 1. The van der Waals surface area contributed by atoms with Crippen LogP contribution in [0.3, 0.4) is 0 Å². The number of halogens is 1. The molecule has 1 fully saturated rings. The van der Waals surface area contributed by atoms with Crippen LogP contribution in [0.2, 0.25) is 5.02 Å². The highest BCUT2D eigenvalue weighted by Crippen LogP contribution is 2.27. The summed E-state index contributed by atoms with van der Waals surface area (Å²) in [6.45, 7) is 6.13. The number of nitrogens with zero attached hydrogens (tertiary/aromatic N) is 2. The minimum absolute atomic E-state index is 0.205. The van der Waals surface area contributed by atoms with Gasteiger partial charge in [-0.3, -0.25) is 4.79 Å². The molecule has 0 spiro atoms. The molecule has 1 aliphatic rings. The third-order valence-electron chi connectivity index (χ3n) is 5.49. The highest BCUT2D eigenvalue weighted by atomic mass is 35.5. The molecular weight excluding hydrogens is 410 g/mol. The van der Waals surface area contributed by atoms with E-state index in [1.54, 1.807) is 6.08 Å². The van der Waals surface area contributed by atoms with Crippen molar-refractivity contribution in [2.75, 3.05) is 43.4 Å². The van der Waals surface area contributed by atoms with Crippen molar-refractivity contribution in [2.24, 2.45) is 0 Å². The molecule has 0 saturated carbocycles. The summed E-state index contributed by atoms with van der Waals surface area (Å²) in [4.78, 5) is 17.0. The second-order valence-electron chi connectivity index (χ2n) is 7.83. The van der Waals surface area contributed by atoms with Crippen LogP contribution in [0, 0.1) is 6.92 Å². The highest BCUT2D eigenvalue weighted by Gasteiger charge is 2.14. The molecule has 0 aliphatic carbocycles. The van der Waals surface area contributed by atoms with Gasteiger partial charge in [-0.05, 0) is 68.1 Å². The Hall–Kier alpha value is -3.02. The zero-order valence-electron chi connectivity index (χ0n) is 17.8. The molecule has 0 atom stereocenters. The number of hydrogen-bond donors (Lipinski definition) is 1. The number of likely N-dealkylation sites (N-methyl/N-ethyl adjacent to an activating group) is 1. The van der Waals surface area contributed by atoms with Gasteiger partial charge in [-0.15, -0.1) is 0 Å². The van der Waals surface area contributed by atoms with Gasteiger partial charge in [0.15, 0.2) is 0 Å². The van der Waals surface area contributed by atoms with Gasteiger partial charge in [0.2, 0.25) is 5.91 Å². The van der Waals surface area contributed by atoms with E-state index < -0.39 is 0 Å². The smallest absolute Gasteiger partial charge is 0.248 e. The van der Waals surface area contributed by atoms with Crippen LogP contribution in [0.4, 0.5) is 11.4 Å². The SMILES string of the molecule is Cc1ccc(-c2ccc(/C=C/C(=O)Nc3ccc(N4CCN(C)CC4)cc3)o2)cc1Cl. The number of piperazine rings is 1. The second-order valence-corrected chi connectivity index (χ2v) is 8.23. The molecule has 1 amide bonds. The summed E-state index contributed by atoms with van der Waals surface area (Å²) in [5, 5.41) is 3.59. The number of anilines is 2. The quantitative estimate of drug-likeness (QED) is 0.551. The zero-order valence-corrected chi connectivity index (χ0v) is 18.5. The molecule has 6 heteroatoms. The maximum Gasteiger partial charge on any atom is 0.248 e. The zero-order chi connectivity index (χ0) is 21.8. The van der Waals surface area contributed by atoms with Crippen LogP contribution >= 0.6 is 11.6 Å². The third-order valence-corrected chi connectivity index (χ3v) is 5.89. The average Bonchev–Trinajstić information content (AvgIpc) is 3.25. The first-order valence-electron chi connectivity index (χ1n) is 10.4. The van der Waals surface area contributed by atoms with Crippen molar-refractivity contribution in [3.05, 3.63) is 77.0 Å². The fourth-order valence-electron chi connectivity index (χ4n) is 3.51. The lowest BCUT2D eigenvalue weighted by atomic mass is 10.1. The van der Waals surface area contributed by atoms with E-state index in [2.05, 4.69) is 34.3 Å². The first kappa shape index (κ1) is 21.2. The molecule has 5 nitrogen and oxygen atoms in total. The van der Waals surface area contributed by atoms with Crippen LogP contribution in [0.5, 0.6) is 0 Å². The Morgan fingerprint density at radius 2 is 1.77 bits per heavy atom. The first-order valence-corrected chi connectivity index (χ1v) is 10.7. The van der Waals surface area contributed by atoms with Crippen molar-refractivity contribution in [1.29, 1.82) is 0 Å². The Morgan fingerprint density at radius 1 is 1.03 bits per heavy atom. The van der Waals surface area contributed by atoms with Crippen LogP contribution in [-0.4, -0.2) is 44.0 Å². The van der Waals surface area contributed by atoms with Gasteiger partial charge in [0.1, 0.15) is 11.5 Å². The first-order chi connectivity index (χ1) is 15.0. The van der Waals surface area contributed by atoms with Gasteiger partial charge in [-0.2, -0.15) is 0 Å². The van der Waals surface area contributed by atoms with Crippen molar-refractivity contribution in [3.63, 3.8) is 0 Å². The van der Waals surface area contributed by atoms with Crippen LogP contribution < -0.4 is 10.2 Å². The van der Waals surface area contributed by atoms with Gasteiger partial charge in [-0.1, -0.05) is 23.7 Å². The Morgan fingerprint density at radius 3 is 2.48 bits per heavy atom. The normalized spacial score (nSPS) is 14.9. The minimum atomic E-state index is -0.205. The van der Waals surface area contributed by atoms with Gasteiger partial charge in [0, 0.05) is 54.2 Å². The van der Waals surface area contributed by atoms with E-state index in [0.717, 1.165) is 43.0 Å². The number of hydrogen-bond acceptors (Lipinski definition) is 4. The molecule has 160 valence electrons. The second kappa shape index (κ2) is 9.41. The lowest BCUT2D eigenvalue weighted by Gasteiger charge is -2.34. The van der Waals surface area contributed by atoms with E-state index >= 15 is 0 Å². The summed E-state index contributed by atoms with van der Waals surface area (Å²) in [6.07, 6.45) is 3.13. The van der Waals surface area contributed by atoms with Gasteiger partial charge >= 0.3 is 0 Å². The Bertz CT molecular complexity index is 1080. The van der Waals surface area contributed by atoms with Crippen LogP contribution in [0.25, 0.3) is 17.4 Å². The van der Waals surface area contributed by atoms with Gasteiger partial charge in [0.25, 0.3) is 0 Å². The van der Waals surface area contributed by atoms with Crippen molar-refractivity contribution < 1.29 is 9.21 Å². The summed E-state index contributed by atoms with van der Waals surface area (Å²) >= 11 is 6.20. The predicted octanol–water partition coefficient (Wildman–Crippen LogP) is 5.31. The van der Waals surface area contributed by atoms with E-state index in [9.17, 15) is 4.79 Å². The van der Waals surface area contributed by atoms with E-state index in [1.165, 1.54) is 11.8 Å². The number of furan rings is 1. The topological polar surface area (TPSA) is 48.7 Å². The number of benzene rings is 2. The molecule has 0 radical (unpaired) electrons. The molecular formula is C25H26ClN3O2. The van der Waals surface area contributed by atoms with E-state index in [0.29, 0.717) is 16.5 Å². The summed E-state index contributed by atoms with van der Waals surface area (Å²) < 4.78 is 5.82. The monoisotopic (exact) mass is 435 g/mol. The van der Waals surface area contributed by atoms with Crippen LogP contribution in [0.1, 0.15) is 11.3 Å². The largest absolute Gasteiger partial charge is 0.457 e. The summed E-state index contributed by atoms with van der Waals surface area (Å²) in [5.41, 5.74) is 3.87. The molecule has 0 bridgehead atoms. The predicted molar refractivity (Wildman–Crippen MR) is 128 cm³/mol. The number of carbonyl (C=O) groups excluding carboxylic acids is 1. The van der Waals surface area contributed by atoms with Gasteiger partial charge < -0.3 is 19.5 Å². The van der Waals surface area contributed by atoms with Gasteiger partial charge in [0.05, 0.1) is 0 Å². The molecule has 1 N–H and O–H groups in total. The van der Waals surface area contributed by atoms with Crippen LogP contribution in [-0.2, 0) is 4.79 Å². The van der Waals surface area contributed by atoms with Crippen molar-refractivity contribution in [3.8, 4) is 11.3 Å². The number of amides is 1. The van der Waals surface area contributed by atoms with Gasteiger partial charge in [-0.25, -0.2) is 0 Å². The average molecular weight is 436 g/mol. The molecule has 1 aromatic heterocycles. The molecule has 2 aromatic carbocycles. The lowest BCUT2D eigenvalue weighted by molar-refractivity contribution is -0.111. The Labute approximate surface area is 187 Å². The van der Waals surface area contributed by atoms with Crippen molar-refractivity contribution in [1.82, 2.24) is 4.90 Å². The summed E-state index contributed by atoms with van der Waals surface area (Å²) in [6, 6.07) is 17.5. The molecule has 0 unspecified atom stereocenters. The number of nitrogens with one attached hydrogen (secondary N) is 1. The van der Waals surface area contributed by atoms with E-state index in [-0.39, 0.29) is 5.91 Å². The van der Waals surface area contributed by atoms with Crippen LogP contribution in [0.15, 0.2) is 65.1 Å². The fourth-order valence-corrected chi connectivity index (χ4v) is 3.69. The van der Waals surface area contributed by atoms with E-state index in [4.69, 9.17) is 16.0 Å². The molecule has 4 rings (SSSR count). The molecule has 31 heavy (non-hydrogen) atoms. The molecule has 2 heterocycles. The Balaban J connectivity index is 1.34. The standard InChI is InChI=1S/C25H26ClN3O2/c1-18-3-4-19(17-23(18)26)24-11-9-22(31-24)10-12-25(30)27-20-5-7-21(8-6-20)29-15-13-28(2)14-16-29/h3-12,17H,13-16H2,1-2H3,(H,27,30)/b12-10+. The third kappa shape index (κ3) is 5.37. The minimum Gasteiger partial charge on any atom is -0.457 e. The Kier molecular flexibility index (Phi) is 6.44. The highest BCUT2D eigenvalue weighted by molar-refractivity contribution is 6.31. The summed E-state index contributed by atoms with van der Waals surface area (Å²) in [5.74, 6) is 1.11. The fraction of sp³-hybridized carbons (Fsp3) is 0.240. The maximum atomic E-state index is 12.3. The molecule has 1 aliphatic heterocycles. The number of carbonyl (C=O) groups is 1. The number of rotatable bonds is 5. The molecule has 3 aromatic rings. The summed E-state index contributed by atoms with van der Waals surface area (Å²) in [7, 11) is 2.14. The molecule has 1 saturated heterocycles. The maximum absolute atomic E-state index is 12.3. The van der Waals surface area contributed by atoms with Crippen molar-refractivity contribution in [2.45, 2.75) is 6.92 Å². The lowest BCUT2D eigenvalue weighted by Crippen LogP contribution is -2.44.